The molecule has 1 unspecified atom stereocenters. The summed E-state index contributed by atoms with van der Waals surface area (Å²) in [5.41, 5.74) is 0. The van der Waals surface area contributed by atoms with E-state index < -0.39 is 0 Å². The van der Waals surface area contributed by atoms with Crippen molar-refractivity contribution in [1.29, 1.82) is 0 Å². The highest BCUT2D eigenvalue weighted by atomic mass is 15.4. The number of nitrogens with zero attached hydrogens (tertiary/aromatic N) is 2. The summed E-state index contributed by atoms with van der Waals surface area (Å²) < 4.78 is 0. The second-order valence-corrected chi connectivity index (χ2v) is 5.76. The van der Waals surface area contributed by atoms with Gasteiger partial charge in [-0.2, -0.15) is 0 Å². The van der Waals surface area contributed by atoms with Gasteiger partial charge in [-0.1, -0.05) is 39.5 Å². The van der Waals surface area contributed by atoms with Crippen molar-refractivity contribution in [2.24, 2.45) is 0 Å². The lowest BCUT2D eigenvalue weighted by atomic mass is 10.1. The van der Waals surface area contributed by atoms with E-state index in [0.717, 1.165) is 0 Å². The molecule has 18 heavy (non-hydrogen) atoms. The second kappa shape index (κ2) is 8.44. The summed E-state index contributed by atoms with van der Waals surface area (Å²) >= 11 is 0. The molecule has 0 aliphatic carbocycles. The molecular weight excluding hydrogens is 220 g/mol. The van der Waals surface area contributed by atoms with Crippen LogP contribution in [-0.4, -0.2) is 28.6 Å². The first-order chi connectivity index (χ1) is 8.70. The van der Waals surface area contributed by atoms with E-state index in [1.54, 1.807) is 0 Å². The third-order valence-corrected chi connectivity index (χ3v) is 3.84. The Hall–Kier alpha value is -0.660. The minimum Gasteiger partial charge on any atom is -0.356 e. The molecule has 0 N–H and O–H groups in total. The molecule has 2 heteroatoms. The van der Waals surface area contributed by atoms with Crippen LogP contribution in [0.2, 0.25) is 0 Å². The van der Waals surface area contributed by atoms with Gasteiger partial charge >= 0.3 is 0 Å². The smallest absolute Gasteiger partial charge is 0.101 e. The first-order valence-electron chi connectivity index (χ1n) is 7.92. The van der Waals surface area contributed by atoms with Crippen LogP contribution in [0.3, 0.4) is 0 Å². The Balaban J connectivity index is 2.41. The molecule has 1 aliphatic heterocycles. The van der Waals surface area contributed by atoms with E-state index >= 15 is 0 Å². The number of hydrogen-bond acceptors (Lipinski definition) is 2. The molecule has 1 aliphatic rings. The summed E-state index contributed by atoms with van der Waals surface area (Å²) in [5, 5.41) is 0. The van der Waals surface area contributed by atoms with Crippen LogP contribution in [0.25, 0.3) is 0 Å². The summed E-state index contributed by atoms with van der Waals surface area (Å²) in [6.45, 7) is 10.4. The Morgan fingerprint density at radius 1 is 0.944 bits per heavy atom. The van der Waals surface area contributed by atoms with Gasteiger partial charge < -0.3 is 9.80 Å². The predicted molar refractivity (Wildman–Crippen MR) is 80.3 cm³/mol. The lowest BCUT2D eigenvalue weighted by molar-refractivity contribution is 0.114. The quantitative estimate of drug-likeness (QED) is 0.554. The fourth-order valence-corrected chi connectivity index (χ4v) is 2.70. The lowest BCUT2D eigenvalue weighted by Crippen LogP contribution is -2.42. The van der Waals surface area contributed by atoms with E-state index in [2.05, 4.69) is 49.9 Å². The first kappa shape index (κ1) is 15.4. The van der Waals surface area contributed by atoms with Crippen LogP contribution in [0.15, 0.2) is 12.4 Å². The molecule has 1 atom stereocenters. The highest BCUT2D eigenvalue weighted by Crippen LogP contribution is 2.23. The maximum absolute atomic E-state index is 2.56. The number of hydrogen-bond donors (Lipinski definition) is 0. The fourth-order valence-electron chi connectivity index (χ4n) is 2.70. The average Bonchev–Trinajstić information content (AvgIpc) is 2.75. The van der Waals surface area contributed by atoms with Crippen molar-refractivity contribution >= 4 is 0 Å². The van der Waals surface area contributed by atoms with Crippen molar-refractivity contribution in [2.45, 2.75) is 84.8 Å². The molecule has 0 radical (unpaired) electrons. The van der Waals surface area contributed by atoms with E-state index in [4.69, 9.17) is 0 Å². The second-order valence-electron chi connectivity index (χ2n) is 5.76. The Kier molecular flexibility index (Phi) is 7.22. The van der Waals surface area contributed by atoms with E-state index in [9.17, 15) is 0 Å². The topological polar surface area (TPSA) is 6.48 Å². The summed E-state index contributed by atoms with van der Waals surface area (Å²) in [5.74, 6) is 0. The number of unbranched alkanes of at least 4 members (excludes halogenated alkanes) is 4. The highest BCUT2D eigenvalue weighted by Gasteiger charge is 2.26. The highest BCUT2D eigenvalue weighted by molar-refractivity contribution is 4.98. The summed E-state index contributed by atoms with van der Waals surface area (Å²) in [6.07, 6.45) is 14.6. The molecule has 0 fully saturated rings. The zero-order valence-electron chi connectivity index (χ0n) is 12.9. The zero-order valence-corrected chi connectivity index (χ0v) is 12.9. The summed E-state index contributed by atoms with van der Waals surface area (Å²) in [6, 6.07) is 0.615. The normalized spacial score (nSPS) is 19.3. The molecule has 0 aromatic carbocycles. The van der Waals surface area contributed by atoms with Crippen molar-refractivity contribution in [1.82, 2.24) is 9.80 Å². The van der Waals surface area contributed by atoms with Gasteiger partial charge in [0.15, 0.2) is 0 Å². The van der Waals surface area contributed by atoms with Crippen molar-refractivity contribution in [3.8, 4) is 0 Å². The van der Waals surface area contributed by atoms with Crippen LogP contribution in [0.4, 0.5) is 0 Å². The van der Waals surface area contributed by atoms with E-state index in [1.807, 2.05) is 0 Å². The Labute approximate surface area is 114 Å². The molecular formula is C16H32N2. The SMILES string of the molecule is CCCCCCN1C=CN(C(C)C)C1CCCC. The van der Waals surface area contributed by atoms with Crippen LogP contribution in [-0.2, 0) is 0 Å². The third-order valence-electron chi connectivity index (χ3n) is 3.84. The molecule has 106 valence electrons. The Morgan fingerprint density at radius 2 is 1.67 bits per heavy atom. The van der Waals surface area contributed by atoms with Gasteiger partial charge in [-0.05, 0) is 33.1 Å². The van der Waals surface area contributed by atoms with Gasteiger partial charge in [0.25, 0.3) is 0 Å². The number of rotatable bonds is 9. The van der Waals surface area contributed by atoms with Crippen LogP contribution >= 0.6 is 0 Å². The van der Waals surface area contributed by atoms with Crippen LogP contribution in [0, 0.1) is 0 Å². The monoisotopic (exact) mass is 252 g/mol. The summed E-state index contributed by atoms with van der Waals surface area (Å²) in [7, 11) is 0. The molecule has 0 saturated heterocycles. The minimum atomic E-state index is 0.615. The van der Waals surface area contributed by atoms with Crippen molar-refractivity contribution in [2.75, 3.05) is 6.54 Å². The Morgan fingerprint density at radius 3 is 2.28 bits per heavy atom. The molecule has 0 spiro atoms. The Bertz CT molecular complexity index is 235. The van der Waals surface area contributed by atoms with Gasteiger partial charge in [0.1, 0.15) is 6.17 Å². The van der Waals surface area contributed by atoms with Gasteiger partial charge in [-0.3, -0.25) is 0 Å². The molecule has 0 saturated carbocycles. The van der Waals surface area contributed by atoms with Gasteiger partial charge in [0.2, 0.25) is 0 Å². The molecule has 0 aromatic heterocycles. The van der Waals surface area contributed by atoms with Crippen LogP contribution < -0.4 is 0 Å². The first-order valence-corrected chi connectivity index (χ1v) is 7.92. The van der Waals surface area contributed by atoms with E-state index in [0.29, 0.717) is 12.2 Å². The fraction of sp³-hybridized carbons (Fsp3) is 0.875. The minimum absolute atomic E-state index is 0.615. The molecule has 1 rings (SSSR count). The standard InChI is InChI=1S/C16H32N2/c1-5-7-9-10-12-17-13-14-18(15(3)4)16(17)11-8-6-2/h13-16H,5-12H2,1-4H3. The molecule has 2 nitrogen and oxygen atoms in total. The van der Waals surface area contributed by atoms with Crippen molar-refractivity contribution in [3.63, 3.8) is 0 Å². The zero-order chi connectivity index (χ0) is 13.4. The molecule has 0 bridgehead atoms. The van der Waals surface area contributed by atoms with Gasteiger partial charge in [0, 0.05) is 25.0 Å². The lowest BCUT2D eigenvalue weighted by Gasteiger charge is -2.35. The molecule has 1 heterocycles. The van der Waals surface area contributed by atoms with Crippen LogP contribution in [0.1, 0.15) is 72.6 Å². The maximum atomic E-state index is 2.56. The largest absolute Gasteiger partial charge is 0.356 e. The van der Waals surface area contributed by atoms with Crippen molar-refractivity contribution < 1.29 is 0 Å². The molecule has 0 aromatic rings. The third kappa shape index (κ3) is 4.55. The van der Waals surface area contributed by atoms with Crippen molar-refractivity contribution in [3.05, 3.63) is 12.4 Å². The average molecular weight is 252 g/mol. The van der Waals surface area contributed by atoms with Gasteiger partial charge in [-0.25, -0.2) is 0 Å². The van der Waals surface area contributed by atoms with E-state index in [1.165, 1.54) is 51.5 Å². The van der Waals surface area contributed by atoms with Gasteiger partial charge in [0.05, 0.1) is 0 Å². The predicted octanol–water partition coefficient (Wildman–Crippen LogP) is 4.58. The maximum Gasteiger partial charge on any atom is 0.101 e. The van der Waals surface area contributed by atoms with Crippen LogP contribution in [0.5, 0.6) is 0 Å². The van der Waals surface area contributed by atoms with Gasteiger partial charge in [-0.15, -0.1) is 0 Å². The molecule has 0 amide bonds. The summed E-state index contributed by atoms with van der Waals surface area (Å²) in [4.78, 5) is 5.08. The van der Waals surface area contributed by atoms with E-state index in [-0.39, 0.29) is 0 Å².